The van der Waals surface area contributed by atoms with Crippen molar-refractivity contribution in [3.63, 3.8) is 0 Å². The minimum absolute atomic E-state index is 0.0538. The van der Waals surface area contributed by atoms with E-state index in [1.807, 2.05) is 0 Å². The molecule has 1 aromatic rings. The van der Waals surface area contributed by atoms with Gasteiger partial charge in [0, 0.05) is 18.2 Å². The van der Waals surface area contributed by atoms with Gasteiger partial charge in [-0.25, -0.2) is 0 Å². The second kappa shape index (κ2) is 6.59. The van der Waals surface area contributed by atoms with E-state index in [0.717, 1.165) is 37.2 Å². The highest BCUT2D eigenvalue weighted by molar-refractivity contribution is 5.45. The van der Waals surface area contributed by atoms with Crippen molar-refractivity contribution in [1.29, 1.82) is 0 Å². The normalized spacial score (nSPS) is 23.2. The Morgan fingerprint density at radius 2 is 2.00 bits per heavy atom. The lowest BCUT2D eigenvalue weighted by molar-refractivity contribution is -0.0282. The maximum Gasteiger partial charge on any atom is 0.124 e. The third kappa shape index (κ3) is 3.33. The number of hydrogen-bond donors (Lipinski definition) is 1. The lowest BCUT2D eigenvalue weighted by Crippen LogP contribution is -2.33. The minimum Gasteiger partial charge on any atom is -0.496 e. The van der Waals surface area contributed by atoms with Gasteiger partial charge in [-0.05, 0) is 63.1 Å². The Bertz CT molecular complexity index is 453. The molecular weight excluding hydrogens is 250 g/mol. The van der Waals surface area contributed by atoms with Crippen molar-refractivity contribution in [2.45, 2.75) is 52.2 Å². The maximum atomic E-state index is 6.43. The van der Waals surface area contributed by atoms with Crippen LogP contribution in [0.5, 0.6) is 5.75 Å². The van der Waals surface area contributed by atoms with Crippen LogP contribution < -0.4 is 10.5 Å². The Morgan fingerprint density at radius 3 is 2.60 bits per heavy atom. The first-order chi connectivity index (χ1) is 9.55. The number of hydrogen-bond acceptors (Lipinski definition) is 3. The van der Waals surface area contributed by atoms with Crippen LogP contribution in [0.2, 0.25) is 0 Å². The lowest BCUT2D eigenvalue weighted by Gasteiger charge is -2.36. The molecule has 0 saturated heterocycles. The third-order valence-corrected chi connectivity index (χ3v) is 4.27. The smallest absolute Gasteiger partial charge is 0.124 e. The van der Waals surface area contributed by atoms with Crippen LogP contribution in [0.3, 0.4) is 0 Å². The average molecular weight is 277 g/mol. The molecule has 0 aliphatic heterocycles. The molecule has 112 valence electrons. The highest BCUT2D eigenvalue weighted by Crippen LogP contribution is 2.39. The monoisotopic (exact) mass is 277 g/mol. The van der Waals surface area contributed by atoms with E-state index in [9.17, 15) is 0 Å². The zero-order chi connectivity index (χ0) is 14.7. The number of nitrogens with two attached hydrogens (primary N) is 1. The molecule has 0 bridgehead atoms. The van der Waals surface area contributed by atoms with Crippen LogP contribution in [-0.2, 0) is 4.74 Å². The van der Waals surface area contributed by atoms with Gasteiger partial charge in [-0.3, -0.25) is 0 Å². The van der Waals surface area contributed by atoms with Gasteiger partial charge in [0.05, 0.1) is 13.2 Å². The zero-order valence-electron chi connectivity index (χ0n) is 13.1. The van der Waals surface area contributed by atoms with Crippen molar-refractivity contribution in [2.24, 2.45) is 11.7 Å². The van der Waals surface area contributed by atoms with E-state index in [0.29, 0.717) is 12.0 Å². The number of methoxy groups -OCH3 is 1. The molecule has 0 spiro atoms. The second-order valence-electron chi connectivity index (χ2n) is 5.95. The number of benzene rings is 1. The Labute approximate surface area is 122 Å². The molecule has 0 aromatic heterocycles. The van der Waals surface area contributed by atoms with Crippen LogP contribution in [0.25, 0.3) is 0 Å². The lowest BCUT2D eigenvalue weighted by atomic mass is 9.77. The molecule has 1 aromatic carbocycles. The van der Waals surface area contributed by atoms with Gasteiger partial charge in [0.2, 0.25) is 0 Å². The van der Waals surface area contributed by atoms with Crippen LogP contribution in [0, 0.1) is 19.8 Å². The van der Waals surface area contributed by atoms with Crippen molar-refractivity contribution >= 4 is 0 Å². The molecule has 0 amide bonds. The van der Waals surface area contributed by atoms with Crippen molar-refractivity contribution < 1.29 is 9.47 Å². The zero-order valence-corrected chi connectivity index (χ0v) is 13.1. The highest BCUT2D eigenvalue weighted by atomic mass is 16.5. The van der Waals surface area contributed by atoms with Gasteiger partial charge in [0.25, 0.3) is 0 Å². The van der Waals surface area contributed by atoms with E-state index in [-0.39, 0.29) is 6.04 Å². The summed E-state index contributed by atoms with van der Waals surface area (Å²) < 4.78 is 11.1. The van der Waals surface area contributed by atoms with Crippen LogP contribution in [0.1, 0.15) is 48.9 Å². The van der Waals surface area contributed by atoms with Gasteiger partial charge in [-0.2, -0.15) is 0 Å². The van der Waals surface area contributed by atoms with Gasteiger partial charge in [-0.15, -0.1) is 0 Å². The fourth-order valence-corrected chi connectivity index (χ4v) is 3.30. The summed E-state index contributed by atoms with van der Waals surface area (Å²) in [6, 6.07) is 4.31. The number of ether oxygens (including phenoxy) is 2. The quantitative estimate of drug-likeness (QED) is 0.865. The van der Waals surface area contributed by atoms with Crippen molar-refractivity contribution in [2.75, 3.05) is 13.7 Å². The first-order valence-electron chi connectivity index (χ1n) is 7.57. The summed E-state index contributed by atoms with van der Waals surface area (Å²) >= 11 is 0. The standard InChI is InChI=1S/C17H27NO2/c1-5-20-14-8-13(9-14)10-15(18)17-12(3)6-11(2)7-16(17)19-4/h6-7,13-15H,5,8-10,18H2,1-4H3. The summed E-state index contributed by atoms with van der Waals surface area (Å²) in [5.41, 5.74) is 10.0. The topological polar surface area (TPSA) is 44.5 Å². The van der Waals surface area contributed by atoms with Gasteiger partial charge in [-0.1, -0.05) is 6.07 Å². The molecular formula is C17H27NO2. The summed E-state index contributed by atoms with van der Waals surface area (Å²) in [5.74, 6) is 1.61. The van der Waals surface area contributed by atoms with E-state index in [4.69, 9.17) is 15.2 Å². The molecule has 1 saturated carbocycles. The van der Waals surface area contributed by atoms with Gasteiger partial charge < -0.3 is 15.2 Å². The largest absolute Gasteiger partial charge is 0.496 e. The molecule has 3 nitrogen and oxygen atoms in total. The SMILES string of the molecule is CCOC1CC(CC(N)c2c(C)cc(C)cc2OC)C1. The van der Waals surface area contributed by atoms with E-state index >= 15 is 0 Å². The molecule has 1 atom stereocenters. The highest BCUT2D eigenvalue weighted by Gasteiger charge is 2.31. The molecule has 1 unspecified atom stereocenters. The van der Waals surface area contributed by atoms with Crippen LogP contribution >= 0.6 is 0 Å². The average Bonchev–Trinajstić information content (AvgIpc) is 2.34. The molecule has 20 heavy (non-hydrogen) atoms. The molecule has 1 aliphatic carbocycles. The van der Waals surface area contributed by atoms with Gasteiger partial charge >= 0.3 is 0 Å². The Balaban J connectivity index is 2.01. The molecule has 1 aliphatic rings. The van der Waals surface area contributed by atoms with Crippen molar-refractivity contribution in [1.82, 2.24) is 0 Å². The first-order valence-corrected chi connectivity index (χ1v) is 7.57. The van der Waals surface area contributed by atoms with Crippen LogP contribution in [0.15, 0.2) is 12.1 Å². The predicted octanol–water partition coefficient (Wildman–Crippen LogP) is 3.52. The Hall–Kier alpha value is -1.06. The molecule has 2 N–H and O–H groups in total. The van der Waals surface area contributed by atoms with E-state index < -0.39 is 0 Å². The second-order valence-corrected chi connectivity index (χ2v) is 5.95. The Kier molecular flexibility index (Phi) is 5.06. The van der Waals surface area contributed by atoms with E-state index in [1.54, 1.807) is 7.11 Å². The molecule has 3 heteroatoms. The maximum absolute atomic E-state index is 6.43. The minimum atomic E-state index is 0.0538. The van der Waals surface area contributed by atoms with E-state index in [2.05, 4.69) is 32.9 Å². The Morgan fingerprint density at radius 1 is 1.30 bits per heavy atom. The number of aryl methyl sites for hydroxylation is 2. The predicted molar refractivity (Wildman–Crippen MR) is 82.2 cm³/mol. The third-order valence-electron chi connectivity index (χ3n) is 4.27. The summed E-state index contributed by atoms with van der Waals surface area (Å²) in [6.45, 7) is 7.08. The molecule has 0 heterocycles. The summed E-state index contributed by atoms with van der Waals surface area (Å²) in [7, 11) is 1.72. The van der Waals surface area contributed by atoms with Crippen LogP contribution in [0.4, 0.5) is 0 Å². The fraction of sp³-hybridized carbons (Fsp3) is 0.647. The fourth-order valence-electron chi connectivity index (χ4n) is 3.30. The van der Waals surface area contributed by atoms with Gasteiger partial charge in [0.15, 0.2) is 0 Å². The summed E-state index contributed by atoms with van der Waals surface area (Å²) in [6.07, 6.45) is 3.77. The number of rotatable bonds is 6. The van der Waals surface area contributed by atoms with Gasteiger partial charge in [0.1, 0.15) is 5.75 Å². The molecule has 0 radical (unpaired) electrons. The van der Waals surface area contributed by atoms with Crippen molar-refractivity contribution in [3.8, 4) is 5.75 Å². The van der Waals surface area contributed by atoms with E-state index in [1.165, 1.54) is 11.1 Å². The molecule has 1 fully saturated rings. The van der Waals surface area contributed by atoms with Crippen molar-refractivity contribution in [3.05, 3.63) is 28.8 Å². The van der Waals surface area contributed by atoms with Crippen LogP contribution in [-0.4, -0.2) is 19.8 Å². The molecule has 2 rings (SSSR count). The summed E-state index contributed by atoms with van der Waals surface area (Å²) in [5, 5.41) is 0. The summed E-state index contributed by atoms with van der Waals surface area (Å²) in [4.78, 5) is 0. The first kappa shape index (κ1) is 15.3.